The molecular formula is C16H15N5O3. The van der Waals surface area contributed by atoms with Crippen LogP contribution in [0.25, 0.3) is 10.9 Å². The van der Waals surface area contributed by atoms with E-state index in [1.54, 1.807) is 42.5 Å². The van der Waals surface area contributed by atoms with E-state index in [0.29, 0.717) is 28.1 Å². The Hall–Kier alpha value is -3.68. The predicted molar refractivity (Wildman–Crippen MR) is 91.0 cm³/mol. The van der Waals surface area contributed by atoms with Crippen molar-refractivity contribution in [3.8, 4) is 11.5 Å². The lowest BCUT2D eigenvalue weighted by molar-refractivity contribution is 0.100. The maximum absolute atomic E-state index is 11.7. The summed E-state index contributed by atoms with van der Waals surface area (Å²) in [5.41, 5.74) is 17.5. The lowest BCUT2D eigenvalue weighted by Gasteiger charge is -2.06. The quantitative estimate of drug-likeness (QED) is 0.467. The van der Waals surface area contributed by atoms with Crippen LogP contribution >= 0.6 is 0 Å². The van der Waals surface area contributed by atoms with Gasteiger partial charge in [0, 0.05) is 17.1 Å². The molecule has 0 unspecified atom stereocenters. The minimum absolute atomic E-state index is 0.148. The molecule has 0 aliphatic heterocycles. The van der Waals surface area contributed by atoms with Crippen molar-refractivity contribution in [3.63, 3.8) is 0 Å². The second kappa shape index (κ2) is 5.84. The summed E-state index contributed by atoms with van der Waals surface area (Å²) in [5, 5.41) is 2.90. The number of rotatable bonds is 4. The number of aromatic nitrogens is 1. The van der Waals surface area contributed by atoms with Crippen molar-refractivity contribution in [2.45, 2.75) is 0 Å². The van der Waals surface area contributed by atoms with E-state index < -0.39 is 11.9 Å². The van der Waals surface area contributed by atoms with Gasteiger partial charge in [-0.05, 0) is 36.4 Å². The van der Waals surface area contributed by atoms with Gasteiger partial charge in [-0.25, -0.2) is 4.79 Å². The summed E-state index contributed by atoms with van der Waals surface area (Å²) >= 11 is 0. The molecule has 0 aliphatic rings. The third-order valence-electron chi connectivity index (χ3n) is 3.38. The fourth-order valence-corrected chi connectivity index (χ4v) is 2.38. The van der Waals surface area contributed by atoms with E-state index in [2.05, 4.69) is 10.3 Å². The van der Waals surface area contributed by atoms with Gasteiger partial charge < -0.3 is 26.9 Å². The number of fused-ring (bicyclic) bond motifs is 1. The summed E-state index contributed by atoms with van der Waals surface area (Å²) in [7, 11) is 0. The molecule has 3 amide bonds. The molecule has 0 saturated heterocycles. The van der Waals surface area contributed by atoms with Crippen LogP contribution in [-0.4, -0.2) is 16.9 Å². The molecule has 3 aromatic rings. The highest BCUT2D eigenvalue weighted by molar-refractivity contribution is 6.13. The average Bonchev–Trinajstić information content (AvgIpc) is 2.86. The van der Waals surface area contributed by atoms with E-state index in [-0.39, 0.29) is 11.4 Å². The first-order valence-corrected chi connectivity index (χ1v) is 6.99. The molecule has 0 aliphatic carbocycles. The normalized spacial score (nSPS) is 10.5. The Kier molecular flexibility index (Phi) is 3.70. The van der Waals surface area contributed by atoms with Gasteiger partial charge in [0.15, 0.2) is 0 Å². The highest BCUT2D eigenvalue weighted by Gasteiger charge is 2.17. The number of urea groups is 1. The van der Waals surface area contributed by atoms with E-state index in [9.17, 15) is 9.59 Å². The fourth-order valence-electron chi connectivity index (χ4n) is 2.38. The molecule has 0 atom stereocenters. The molecule has 0 spiro atoms. The van der Waals surface area contributed by atoms with Gasteiger partial charge in [-0.2, -0.15) is 0 Å². The number of nitrogens with two attached hydrogens (primary N) is 3. The molecule has 0 bridgehead atoms. The number of carbonyl (C=O) groups is 2. The van der Waals surface area contributed by atoms with Gasteiger partial charge in [0.1, 0.15) is 17.3 Å². The fraction of sp³-hybridized carbons (Fsp3) is 0. The van der Waals surface area contributed by atoms with Crippen LogP contribution in [0.4, 0.5) is 16.3 Å². The van der Waals surface area contributed by atoms with Crippen LogP contribution in [0.5, 0.6) is 11.5 Å². The van der Waals surface area contributed by atoms with E-state index >= 15 is 0 Å². The second-order valence-electron chi connectivity index (χ2n) is 5.11. The Bertz CT molecular complexity index is 931. The Morgan fingerprint density at radius 1 is 1.00 bits per heavy atom. The van der Waals surface area contributed by atoms with Crippen LogP contribution in [0, 0.1) is 0 Å². The van der Waals surface area contributed by atoms with Gasteiger partial charge in [-0.3, -0.25) is 10.1 Å². The minimum atomic E-state index is -0.803. The second-order valence-corrected chi connectivity index (χ2v) is 5.11. The third-order valence-corrected chi connectivity index (χ3v) is 3.38. The first-order valence-electron chi connectivity index (χ1n) is 6.99. The number of hydrogen-bond acceptors (Lipinski definition) is 4. The molecule has 0 saturated carbocycles. The van der Waals surface area contributed by atoms with Gasteiger partial charge in [-0.1, -0.05) is 0 Å². The number of anilines is 2. The number of amides is 3. The lowest BCUT2D eigenvalue weighted by Crippen LogP contribution is -2.22. The van der Waals surface area contributed by atoms with Gasteiger partial charge in [0.25, 0.3) is 5.91 Å². The molecule has 8 N–H and O–H groups in total. The third kappa shape index (κ3) is 2.93. The molecule has 1 heterocycles. The number of nitrogen functional groups attached to an aromatic ring is 1. The Labute approximate surface area is 136 Å². The first kappa shape index (κ1) is 15.2. The summed E-state index contributed by atoms with van der Waals surface area (Å²) in [6.45, 7) is 0. The molecule has 2 aromatic carbocycles. The van der Waals surface area contributed by atoms with E-state index in [1.165, 1.54) is 0 Å². The zero-order valence-corrected chi connectivity index (χ0v) is 12.5. The molecule has 0 fully saturated rings. The van der Waals surface area contributed by atoms with Crippen LogP contribution in [0.1, 0.15) is 10.4 Å². The monoisotopic (exact) mass is 325 g/mol. The van der Waals surface area contributed by atoms with E-state index in [1.807, 2.05) is 0 Å². The average molecular weight is 325 g/mol. The zero-order valence-electron chi connectivity index (χ0n) is 12.5. The maximum atomic E-state index is 11.7. The topological polar surface area (TPSA) is 149 Å². The Morgan fingerprint density at radius 3 is 2.29 bits per heavy atom. The number of nitrogens with one attached hydrogen (secondary N) is 2. The molecule has 0 radical (unpaired) electrons. The minimum Gasteiger partial charge on any atom is -0.457 e. The van der Waals surface area contributed by atoms with E-state index in [0.717, 1.165) is 0 Å². The summed E-state index contributed by atoms with van der Waals surface area (Å²) in [6.07, 6.45) is 0. The van der Waals surface area contributed by atoms with Gasteiger partial charge >= 0.3 is 6.03 Å². The van der Waals surface area contributed by atoms with Crippen LogP contribution in [0.2, 0.25) is 0 Å². The van der Waals surface area contributed by atoms with Crippen molar-refractivity contribution in [1.29, 1.82) is 0 Å². The molecular weight excluding hydrogens is 310 g/mol. The number of carbonyl (C=O) groups excluding carboxylic acids is 2. The number of aromatic amines is 1. The van der Waals surface area contributed by atoms with E-state index in [4.69, 9.17) is 21.9 Å². The van der Waals surface area contributed by atoms with Crippen molar-refractivity contribution >= 4 is 34.3 Å². The Balaban J connectivity index is 2.00. The number of H-pyrrole nitrogens is 1. The van der Waals surface area contributed by atoms with Gasteiger partial charge in [0.05, 0.1) is 11.1 Å². The summed E-state index contributed by atoms with van der Waals surface area (Å²) in [4.78, 5) is 25.6. The molecule has 8 nitrogen and oxygen atoms in total. The maximum Gasteiger partial charge on any atom is 0.317 e. The van der Waals surface area contributed by atoms with Crippen LogP contribution in [-0.2, 0) is 0 Å². The SMILES string of the molecule is NC(=O)Nc1[nH]c2cc(Oc3ccc(N)cc3)ccc2c1C(N)=O. The molecule has 24 heavy (non-hydrogen) atoms. The van der Waals surface area contributed by atoms with Gasteiger partial charge in [0.2, 0.25) is 0 Å². The van der Waals surface area contributed by atoms with Crippen LogP contribution in [0.15, 0.2) is 42.5 Å². The molecule has 1 aromatic heterocycles. The van der Waals surface area contributed by atoms with Gasteiger partial charge in [-0.15, -0.1) is 0 Å². The number of hydrogen-bond donors (Lipinski definition) is 5. The van der Waals surface area contributed by atoms with Crippen molar-refractivity contribution in [2.75, 3.05) is 11.1 Å². The highest BCUT2D eigenvalue weighted by atomic mass is 16.5. The first-order chi connectivity index (χ1) is 11.4. The van der Waals surface area contributed by atoms with Crippen molar-refractivity contribution in [3.05, 3.63) is 48.0 Å². The van der Waals surface area contributed by atoms with Crippen molar-refractivity contribution in [1.82, 2.24) is 4.98 Å². The van der Waals surface area contributed by atoms with Crippen LogP contribution in [0.3, 0.4) is 0 Å². The smallest absolute Gasteiger partial charge is 0.317 e. The highest BCUT2D eigenvalue weighted by Crippen LogP contribution is 2.31. The number of primary amides is 2. The number of benzene rings is 2. The van der Waals surface area contributed by atoms with Crippen molar-refractivity contribution in [2.24, 2.45) is 11.5 Å². The van der Waals surface area contributed by atoms with Crippen LogP contribution < -0.4 is 27.3 Å². The number of ether oxygens (including phenoxy) is 1. The van der Waals surface area contributed by atoms with Crippen molar-refractivity contribution < 1.29 is 14.3 Å². The largest absolute Gasteiger partial charge is 0.457 e. The Morgan fingerprint density at radius 2 is 1.67 bits per heavy atom. The predicted octanol–water partition coefficient (Wildman–Crippen LogP) is 2.13. The molecule has 122 valence electrons. The molecule has 8 heteroatoms. The lowest BCUT2D eigenvalue weighted by atomic mass is 10.1. The summed E-state index contributed by atoms with van der Waals surface area (Å²) in [6, 6.07) is 11.2. The summed E-state index contributed by atoms with van der Waals surface area (Å²) in [5.74, 6) is 0.614. The summed E-state index contributed by atoms with van der Waals surface area (Å²) < 4.78 is 5.73. The molecule has 3 rings (SSSR count). The standard InChI is InChI=1S/C16H15N5O3/c17-8-1-3-9(4-2-8)24-10-5-6-11-12(7-10)20-15(21-16(19)23)13(11)14(18)22/h1-7,20H,17H2,(H2,18,22)(H3,19,21,23). The zero-order chi connectivity index (χ0) is 17.3.